The second-order valence-electron chi connectivity index (χ2n) is 7.21. The molecule has 0 bridgehead atoms. The van der Waals surface area contributed by atoms with Gasteiger partial charge in [-0.15, -0.1) is 11.3 Å². The van der Waals surface area contributed by atoms with Gasteiger partial charge in [0.2, 0.25) is 0 Å². The molecule has 0 spiro atoms. The van der Waals surface area contributed by atoms with Crippen molar-refractivity contribution in [2.75, 3.05) is 11.9 Å². The summed E-state index contributed by atoms with van der Waals surface area (Å²) in [6, 6.07) is 13.7. The number of aromatic nitrogens is 2. The van der Waals surface area contributed by atoms with Gasteiger partial charge in [0.05, 0.1) is 17.6 Å². The number of carbonyl (C=O) groups excluding carboxylic acids is 1. The van der Waals surface area contributed by atoms with Crippen LogP contribution in [0.5, 0.6) is 0 Å². The van der Waals surface area contributed by atoms with E-state index in [1.54, 1.807) is 29.8 Å². The van der Waals surface area contributed by atoms with Gasteiger partial charge in [0.25, 0.3) is 0 Å². The van der Waals surface area contributed by atoms with Crippen molar-refractivity contribution in [1.82, 2.24) is 9.97 Å². The zero-order chi connectivity index (χ0) is 21.1. The number of anilines is 2. The molecule has 0 fully saturated rings. The Morgan fingerprint density at radius 3 is 2.60 bits per heavy atom. The lowest BCUT2D eigenvalue weighted by Gasteiger charge is -2.11. The summed E-state index contributed by atoms with van der Waals surface area (Å²) in [7, 11) is 0. The number of thiophene rings is 1. The Morgan fingerprint density at radius 2 is 1.87 bits per heavy atom. The molecular weight excluding hydrogens is 394 g/mol. The Hall–Kier alpha value is -3.25. The first-order valence-corrected chi connectivity index (χ1v) is 10.8. The fraction of sp³-hybridized carbons (Fsp3) is 0.208. The fourth-order valence-corrected chi connectivity index (χ4v) is 4.30. The van der Waals surface area contributed by atoms with Crippen molar-refractivity contribution in [3.8, 4) is 11.1 Å². The molecule has 0 aliphatic carbocycles. The van der Waals surface area contributed by atoms with Gasteiger partial charge in [-0.05, 0) is 55.7 Å². The molecule has 0 aliphatic heterocycles. The summed E-state index contributed by atoms with van der Waals surface area (Å²) < 4.78 is 5.19. The van der Waals surface area contributed by atoms with Crippen LogP contribution in [-0.2, 0) is 4.74 Å². The smallest absolute Gasteiger partial charge is 0.338 e. The Bertz CT molecular complexity index is 1200. The van der Waals surface area contributed by atoms with Crippen LogP contribution in [0.3, 0.4) is 0 Å². The predicted octanol–water partition coefficient (Wildman–Crippen LogP) is 6.29. The van der Waals surface area contributed by atoms with Gasteiger partial charge in [0, 0.05) is 16.6 Å². The van der Waals surface area contributed by atoms with Gasteiger partial charge in [-0.3, -0.25) is 0 Å². The lowest BCUT2D eigenvalue weighted by molar-refractivity contribution is 0.0505. The van der Waals surface area contributed by atoms with Crippen molar-refractivity contribution in [1.29, 1.82) is 0 Å². The summed E-state index contributed by atoms with van der Waals surface area (Å²) in [6.07, 6.45) is 2.38. The highest BCUT2D eigenvalue weighted by molar-refractivity contribution is 7.17. The molecule has 2 aromatic carbocycles. The van der Waals surface area contributed by atoms with Gasteiger partial charge < -0.3 is 10.1 Å². The first-order valence-electron chi connectivity index (χ1n) is 9.91. The first-order chi connectivity index (χ1) is 14.6. The maximum atomic E-state index is 12.0. The van der Waals surface area contributed by atoms with Gasteiger partial charge in [0.1, 0.15) is 17.0 Å². The molecular formula is C24H23N3O2S. The minimum Gasteiger partial charge on any atom is -0.462 e. The van der Waals surface area contributed by atoms with E-state index in [0.717, 1.165) is 33.7 Å². The number of esters is 1. The van der Waals surface area contributed by atoms with E-state index >= 15 is 0 Å². The molecule has 0 unspecified atom stereocenters. The van der Waals surface area contributed by atoms with Crippen molar-refractivity contribution in [3.63, 3.8) is 0 Å². The largest absolute Gasteiger partial charge is 0.462 e. The molecule has 4 rings (SSSR count). The number of nitrogens with one attached hydrogen (secondary N) is 1. The zero-order valence-corrected chi connectivity index (χ0v) is 18.0. The molecule has 152 valence electrons. The molecule has 30 heavy (non-hydrogen) atoms. The van der Waals surface area contributed by atoms with Crippen LogP contribution in [0.15, 0.2) is 54.2 Å². The van der Waals surface area contributed by atoms with Crippen molar-refractivity contribution in [2.24, 2.45) is 0 Å². The number of nitrogens with zero attached hydrogens (tertiary/aromatic N) is 2. The second-order valence-corrected chi connectivity index (χ2v) is 8.07. The van der Waals surface area contributed by atoms with E-state index in [1.807, 2.05) is 19.1 Å². The van der Waals surface area contributed by atoms with E-state index in [-0.39, 0.29) is 5.97 Å². The third-order valence-corrected chi connectivity index (χ3v) is 5.75. The fourth-order valence-electron chi connectivity index (χ4n) is 3.39. The molecule has 4 aromatic rings. The van der Waals surface area contributed by atoms with Crippen molar-refractivity contribution in [2.45, 2.75) is 27.2 Å². The SMILES string of the molecule is CCCOC(=O)c1ccc(Nc2ncnc3scc(-c4ccc(C)cc4C)c23)cc1. The molecule has 1 N–H and O–H groups in total. The average Bonchev–Trinajstić information content (AvgIpc) is 3.17. The van der Waals surface area contributed by atoms with Crippen molar-refractivity contribution in [3.05, 3.63) is 70.9 Å². The molecule has 5 nitrogen and oxygen atoms in total. The van der Waals surface area contributed by atoms with Gasteiger partial charge in [-0.2, -0.15) is 0 Å². The van der Waals surface area contributed by atoms with Crippen LogP contribution in [0, 0.1) is 13.8 Å². The topological polar surface area (TPSA) is 64.1 Å². The molecule has 2 heterocycles. The number of hydrogen-bond acceptors (Lipinski definition) is 6. The van der Waals surface area contributed by atoms with Crippen LogP contribution >= 0.6 is 11.3 Å². The quantitative estimate of drug-likeness (QED) is 0.374. The molecule has 0 radical (unpaired) electrons. The third kappa shape index (κ3) is 4.04. The summed E-state index contributed by atoms with van der Waals surface area (Å²) in [4.78, 5) is 21.9. The van der Waals surface area contributed by atoms with E-state index in [4.69, 9.17) is 4.74 Å². The standard InChI is InChI=1S/C24H23N3O2S/c1-4-11-29-24(28)17-6-8-18(9-7-17)27-22-21-20(13-30-23(21)26-14-25-22)19-10-5-15(2)12-16(19)3/h5-10,12-14H,4,11H2,1-3H3,(H,25,26,27). The van der Waals surface area contributed by atoms with E-state index in [2.05, 4.69) is 52.7 Å². The van der Waals surface area contributed by atoms with Crippen LogP contribution in [0.25, 0.3) is 21.3 Å². The number of aryl methyl sites for hydroxylation is 2. The molecule has 0 saturated carbocycles. The van der Waals surface area contributed by atoms with Crippen LogP contribution in [-0.4, -0.2) is 22.5 Å². The molecule has 6 heteroatoms. The van der Waals surface area contributed by atoms with Crippen molar-refractivity contribution < 1.29 is 9.53 Å². The second kappa shape index (κ2) is 8.63. The van der Waals surface area contributed by atoms with E-state index in [9.17, 15) is 4.79 Å². The van der Waals surface area contributed by atoms with Gasteiger partial charge in [-0.1, -0.05) is 30.7 Å². The number of benzene rings is 2. The third-order valence-electron chi connectivity index (χ3n) is 4.86. The monoisotopic (exact) mass is 417 g/mol. The number of rotatable bonds is 6. The Balaban J connectivity index is 1.67. The number of fused-ring (bicyclic) bond motifs is 1. The van der Waals surface area contributed by atoms with Crippen LogP contribution < -0.4 is 5.32 Å². The van der Waals surface area contributed by atoms with Crippen LogP contribution in [0.1, 0.15) is 34.8 Å². The number of hydrogen-bond donors (Lipinski definition) is 1. The Kier molecular flexibility index (Phi) is 5.77. The van der Waals surface area contributed by atoms with Gasteiger partial charge in [-0.25, -0.2) is 14.8 Å². The van der Waals surface area contributed by atoms with E-state index < -0.39 is 0 Å². The maximum absolute atomic E-state index is 12.0. The van der Waals surface area contributed by atoms with Gasteiger partial charge in [0.15, 0.2) is 0 Å². The Labute approximate surface area is 179 Å². The minimum atomic E-state index is -0.303. The summed E-state index contributed by atoms with van der Waals surface area (Å²) >= 11 is 1.61. The minimum absolute atomic E-state index is 0.303. The zero-order valence-electron chi connectivity index (χ0n) is 17.2. The van der Waals surface area contributed by atoms with E-state index in [1.165, 1.54) is 16.7 Å². The first kappa shape index (κ1) is 20.0. The number of ether oxygens (including phenoxy) is 1. The normalized spacial score (nSPS) is 10.9. The van der Waals surface area contributed by atoms with Crippen LogP contribution in [0.4, 0.5) is 11.5 Å². The molecule has 0 atom stereocenters. The highest BCUT2D eigenvalue weighted by Gasteiger charge is 2.15. The molecule has 0 saturated heterocycles. The highest BCUT2D eigenvalue weighted by atomic mass is 32.1. The number of carbonyl (C=O) groups is 1. The average molecular weight is 418 g/mol. The summed E-state index contributed by atoms with van der Waals surface area (Å²) in [6.45, 7) is 6.62. The molecule has 0 amide bonds. The summed E-state index contributed by atoms with van der Waals surface area (Å²) in [5.41, 5.74) is 6.14. The summed E-state index contributed by atoms with van der Waals surface area (Å²) in [5.74, 6) is 0.445. The highest BCUT2D eigenvalue weighted by Crippen LogP contribution is 2.38. The lowest BCUT2D eigenvalue weighted by atomic mass is 9.99. The predicted molar refractivity (Wildman–Crippen MR) is 123 cm³/mol. The van der Waals surface area contributed by atoms with Gasteiger partial charge >= 0.3 is 5.97 Å². The van der Waals surface area contributed by atoms with Crippen molar-refractivity contribution >= 4 is 39.0 Å². The van der Waals surface area contributed by atoms with Crippen LogP contribution in [0.2, 0.25) is 0 Å². The van der Waals surface area contributed by atoms with E-state index in [0.29, 0.717) is 12.2 Å². The molecule has 2 aromatic heterocycles. The molecule has 0 aliphatic rings. The maximum Gasteiger partial charge on any atom is 0.338 e. The lowest BCUT2D eigenvalue weighted by Crippen LogP contribution is -2.05. The summed E-state index contributed by atoms with van der Waals surface area (Å²) in [5, 5.41) is 6.52. The Morgan fingerprint density at radius 1 is 1.07 bits per heavy atom.